The first kappa shape index (κ1) is 10.9. The molecule has 0 heterocycles. The number of hydrogen-bond acceptors (Lipinski definition) is 0. The summed E-state index contributed by atoms with van der Waals surface area (Å²) in [5, 5.41) is -0.0748. The van der Waals surface area contributed by atoms with Crippen LogP contribution in [-0.4, -0.2) is 11.3 Å². The van der Waals surface area contributed by atoms with E-state index in [2.05, 4.69) is 0 Å². The summed E-state index contributed by atoms with van der Waals surface area (Å²) < 4.78 is 0.288. The molecule has 60 valence electrons. The quantitative estimate of drug-likeness (QED) is 0.634. The van der Waals surface area contributed by atoms with Gasteiger partial charge in [-0.1, -0.05) is 23.2 Å². The predicted octanol–water partition coefficient (Wildman–Crippen LogP) is 3.93. The van der Waals surface area contributed by atoms with E-state index in [1.54, 1.807) is 0 Å². The molecule has 4 heteroatoms. The van der Waals surface area contributed by atoms with Gasteiger partial charge in [0, 0.05) is 5.88 Å². The number of rotatable bonds is 3. The molecule has 0 saturated carbocycles. The molecular weight excluding hydrogens is 214 g/mol. The minimum atomic E-state index is -0.0748. The lowest BCUT2D eigenvalue weighted by molar-refractivity contribution is 0.921. The lowest BCUT2D eigenvalue weighted by atomic mass is 10.2. The molecule has 0 nitrogen and oxygen atoms in total. The van der Waals surface area contributed by atoms with Gasteiger partial charge in [-0.25, -0.2) is 0 Å². The molecular formula is C6H8Cl4. The monoisotopic (exact) mass is 220 g/mol. The summed E-state index contributed by atoms with van der Waals surface area (Å²) in [7, 11) is 0. The van der Waals surface area contributed by atoms with Crippen molar-refractivity contribution >= 4 is 46.4 Å². The maximum Gasteiger partial charge on any atom is 0.105 e. The van der Waals surface area contributed by atoms with Gasteiger partial charge in [0.1, 0.15) is 4.49 Å². The molecule has 0 spiro atoms. The Hall–Kier alpha value is 0.900. The van der Waals surface area contributed by atoms with Crippen LogP contribution in [0.5, 0.6) is 0 Å². The van der Waals surface area contributed by atoms with E-state index in [1.165, 1.54) is 0 Å². The highest BCUT2D eigenvalue weighted by atomic mass is 35.5. The van der Waals surface area contributed by atoms with Crippen LogP contribution in [0.1, 0.15) is 13.3 Å². The minimum absolute atomic E-state index is 0.0748. The third kappa shape index (κ3) is 4.68. The van der Waals surface area contributed by atoms with E-state index in [4.69, 9.17) is 46.4 Å². The molecule has 0 aliphatic heterocycles. The fraction of sp³-hybridized carbons (Fsp3) is 0.667. The molecule has 0 aliphatic carbocycles. The van der Waals surface area contributed by atoms with Crippen LogP contribution in [0, 0.1) is 0 Å². The summed E-state index contributed by atoms with van der Waals surface area (Å²) >= 11 is 22.1. The van der Waals surface area contributed by atoms with Crippen LogP contribution in [0.2, 0.25) is 0 Å². The van der Waals surface area contributed by atoms with E-state index < -0.39 is 0 Å². The third-order valence-electron chi connectivity index (χ3n) is 1.02. The first-order valence-electron chi connectivity index (χ1n) is 2.78. The first-order valence-corrected chi connectivity index (χ1v) is 4.51. The molecule has 0 aromatic carbocycles. The SMILES string of the molecule is CC(CC(Cl)CCl)=C(Cl)Cl. The molecule has 0 aromatic rings. The largest absolute Gasteiger partial charge is 0.125 e. The van der Waals surface area contributed by atoms with Crippen LogP contribution in [0.4, 0.5) is 0 Å². The van der Waals surface area contributed by atoms with Crippen molar-refractivity contribution in [1.82, 2.24) is 0 Å². The second kappa shape index (κ2) is 5.54. The van der Waals surface area contributed by atoms with Crippen molar-refractivity contribution in [3.8, 4) is 0 Å². The molecule has 0 bridgehead atoms. The Labute approximate surface area is 81.1 Å². The highest BCUT2D eigenvalue weighted by Crippen LogP contribution is 2.20. The Kier molecular flexibility index (Phi) is 6.04. The number of halogens is 4. The average molecular weight is 222 g/mol. The zero-order valence-electron chi connectivity index (χ0n) is 5.50. The lowest BCUT2D eigenvalue weighted by Gasteiger charge is -2.04. The van der Waals surface area contributed by atoms with Crippen LogP contribution in [0.3, 0.4) is 0 Å². The van der Waals surface area contributed by atoms with Crippen molar-refractivity contribution in [2.24, 2.45) is 0 Å². The van der Waals surface area contributed by atoms with Gasteiger partial charge >= 0.3 is 0 Å². The van der Waals surface area contributed by atoms with Crippen LogP contribution >= 0.6 is 46.4 Å². The molecule has 0 aromatic heterocycles. The standard InChI is InChI=1S/C6H8Cl4/c1-4(6(9)10)2-5(8)3-7/h5H,2-3H2,1H3. The normalized spacial score (nSPS) is 12.9. The average Bonchev–Trinajstić information content (AvgIpc) is 1.87. The van der Waals surface area contributed by atoms with Gasteiger partial charge < -0.3 is 0 Å². The molecule has 1 atom stereocenters. The Morgan fingerprint density at radius 1 is 1.40 bits per heavy atom. The molecule has 10 heavy (non-hydrogen) atoms. The van der Waals surface area contributed by atoms with Crippen molar-refractivity contribution in [1.29, 1.82) is 0 Å². The van der Waals surface area contributed by atoms with Crippen molar-refractivity contribution < 1.29 is 0 Å². The van der Waals surface area contributed by atoms with Gasteiger partial charge in [0.15, 0.2) is 0 Å². The molecule has 0 aliphatic rings. The van der Waals surface area contributed by atoms with Crippen molar-refractivity contribution in [2.45, 2.75) is 18.7 Å². The Bertz CT molecular complexity index is 126. The summed E-state index contributed by atoms with van der Waals surface area (Å²) in [6.07, 6.45) is 0.646. The number of hydrogen-bond donors (Lipinski definition) is 0. The van der Waals surface area contributed by atoms with E-state index in [9.17, 15) is 0 Å². The Morgan fingerprint density at radius 2 is 1.90 bits per heavy atom. The molecule has 0 radical (unpaired) electrons. The highest BCUT2D eigenvalue weighted by Gasteiger charge is 2.05. The second-order valence-electron chi connectivity index (χ2n) is 2.00. The van der Waals surface area contributed by atoms with Gasteiger partial charge in [0.25, 0.3) is 0 Å². The predicted molar refractivity (Wildman–Crippen MR) is 49.4 cm³/mol. The lowest BCUT2D eigenvalue weighted by Crippen LogP contribution is -2.00. The van der Waals surface area contributed by atoms with Gasteiger partial charge in [-0.05, 0) is 18.9 Å². The fourth-order valence-corrected chi connectivity index (χ4v) is 0.959. The van der Waals surface area contributed by atoms with Crippen molar-refractivity contribution in [3.05, 3.63) is 10.1 Å². The molecule has 0 fully saturated rings. The van der Waals surface area contributed by atoms with Crippen molar-refractivity contribution in [3.63, 3.8) is 0 Å². The Morgan fingerprint density at radius 3 is 2.20 bits per heavy atom. The third-order valence-corrected chi connectivity index (χ3v) is 2.50. The van der Waals surface area contributed by atoms with Crippen LogP contribution in [-0.2, 0) is 0 Å². The molecule has 0 rings (SSSR count). The van der Waals surface area contributed by atoms with E-state index in [-0.39, 0.29) is 9.87 Å². The van der Waals surface area contributed by atoms with Gasteiger partial charge in [-0.3, -0.25) is 0 Å². The summed E-state index contributed by atoms with van der Waals surface area (Å²) in [4.78, 5) is 0. The summed E-state index contributed by atoms with van der Waals surface area (Å²) in [6, 6.07) is 0. The number of alkyl halides is 2. The summed E-state index contributed by atoms with van der Waals surface area (Å²) in [6.45, 7) is 1.83. The highest BCUT2D eigenvalue weighted by molar-refractivity contribution is 6.56. The molecule has 0 saturated heterocycles. The summed E-state index contributed by atoms with van der Waals surface area (Å²) in [5.74, 6) is 0.417. The van der Waals surface area contributed by atoms with Gasteiger partial charge in [-0.15, -0.1) is 23.2 Å². The van der Waals surface area contributed by atoms with E-state index >= 15 is 0 Å². The molecule has 1 unspecified atom stereocenters. The first-order chi connectivity index (χ1) is 4.57. The molecule has 0 N–H and O–H groups in total. The topological polar surface area (TPSA) is 0 Å². The number of allylic oxidation sites excluding steroid dienone is 1. The van der Waals surface area contributed by atoms with Gasteiger partial charge in [0.2, 0.25) is 0 Å². The molecule has 0 amide bonds. The van der Waals surface area contributed by atoms with E-state index in [1.807, 2.05) is 6.92 Å². The minimum Gasteiger partial charge on any atom is -0.125 e. The zero-order chi connectivity index (χ0) is 8.15. The maximum atomic E-state index is 5.72. The van der Waals surface area contributed by atoms with Gasteiger partial charge in [0.05, 0.1) is 5.38 Å². The smallest absolute Gasteiger partial charge is 0.105 e. The van der Waals surface area contributed by atoms with Crippen LogP contribution < -0.4 is 0 Å². The van der Waals surface area contributed by atoms with Crippen LogP contribution in [0.15, 0.2) is 10.1 Å². The van der Waals surface area contributed by atoms with E-state index in [0.717, 1.165) is 5.57 Å². The fourth-order valence-electron chi connectivity index (χ4n) is 0.464. The van der Waals surface area contributed by atoms with Crippen molar-refractivity contribution in [2.75, 3.05) is 5.88 Å². The maximum absolute atomic E-state index is 5.72. The van der Waals surface area contributed by atoms with E-state index in [0.29, 0.717) is 12.3 Å². The second-order valence-corrected chi connectivity index (χ2v) is 3.87. The van der Waals surface area contributed by atoms with Crippen LogP contribution in [0.25, 0.3) is 0 Å². The zero-order valence-corrected chi connectivity index (χ0v) is 8.53. The Balaban J connectivity index is 3.79. The van der Waals surface area contributed by atoms with Gasteiger partial charge in [-0.2, -0.15) is 0 Å². The summed E-state index contributed by atoms with van der Waals surface area (Å²) in [5.41, 5.74) is 0.879.